The third-order valence-corrected chi connectivity index (χ3v) is 5.02. The van der Waals surface area contributed by atoms with Gasteiger partial charge in [-0.3, -0.25) is 4.79 Å². The van der Waals surface area contributed by atoms with Gasteiger partial charge in [0.1, 0.15) is 0 Å². The van der Waals surface area contributed by atoms with Gasteiger partial charge in [-0.25, -0.2) is 0 Å². The zero-order chi connectivity index (χ0) is 16.4. The van der Waals surface area contributed by atoms with Crippen molar-refractivity contribution in [3.8, 4) is 11.6 Å². The van der Waals surface area contributed by atoms with Crippen molar-refractivity contribution >= 4 is 33.5 Å². The van der Waals surface area contributed by atoms with Gasteiger partial charge in [-0.05, 0) is 31.2 Å². The molecule has 0 aliphatic rings. The van der Waals surface area contributed by atoms with E-state index in [9.17, 15) is 4.79 Å². The molecule has 0 spiro atoms. The van der Waals surface area contributed by atoms with Crippen molar-refractivity contribution < 1.29 is 9.21 Å². The van der Waals surface area contributed by atoms with Crippen LogP contribution in [0.2, 0.25) is 0 Å². The molecule has 0 bridgehead atoms. The summed E-state index contributed by atoms with van der Waals surface area (Å²) >= 11 is 4.75. The Morgan fingerprint density at radius 2 is 2.00 bits per heavy atom. The molecule has 0 N–H and O–H groups in total. The minimum absolute atomic E-state index is 0.0602. The Kier molecular flexibility index (Phi) is 4.68. The molecule has 0 unspecified atom stereocenters. The number of benzene rings is 1. The van der Waals surface area contributed by atoms with Gasteiger partial charge in [0.2, 0.25) is 0 Å². The first-order valence-electron chi connectivity index (χ1n) is 6.96. The summed E-state index contributed by atoms with van der Waals surface area (Å²) < 4.78 is 8.12. The molecule has 118 valence electrons. The van der Waals surface area contributed by atoms with E-state index in [1.165, 1.54) is 11.8 Å². The fourth-order valence-electron chi connectivity index (χ4n) is 2.10. The fourth-order valence-corrected chi connectivity index (χ4v) is 3.25. The van der Waals surface area contributed by atoms with Crippen molar-refractivity contribution in [3.63, 3.8) is 0 Å². The number of nitrogens with zero attached hydrogens (tertiary/aromatic N) is 3. The summed E-state index contributed by atoms with van der Waals surface area (Å²) in [6, 6.07) is 11.0. The lowest BCUT2D eigenvalue weighted by atomic mass is 10.1. The molecule has 0 amide bonds. The molecule has 1 aromatic carbocycles. The van der Waals surface area contributed by atoms with E-state index in [2.05, 4.69) is 26.1 Å². The van der Waals surface area contributed by atoms with Crippen LogP contribution in [0.15, 0.2) is 56.7 Å². The molecule has 1 atom stereocenters. The van der Waals surface area contributed by atoms with E-state index in [1.54, 1.807) is 12.3 Å². The number of hydrogen-bond acceptors (Lipinski definition) is 5. The summed E-state index contributed by atoms with van der Waals surface area (Å²) in [5.41, 5.74) is 0.682. The van der Waals surface area contributed by atoms with Crippen molar-refractivity contribution in [2.75, 3.05) is 0 Å². The molecule has 3 rings (SSSR count). The molecule has 2 heterocycles. The molecule has 0 saturated carbocycles. The number of thioether (sulfide) groups is 1. The van der Waals surface area contributed by atoms with E-state index in [1.807, 2.05) is 48.9 Å². The van der Waals surface area contributed by atoms with Crippen molar-refractivity contribution in [2.45, 2.75) is 17.3 Å². The van der Waals surface area contributed by atoms with Gasteiger partial charge < -0.3 is 8.98 Å². The molecule has 0 radical (unpaired) electrons. The number of carbonyl (C=O) groups excluding carboxylic acids is 1. The van der Waals surface area contributed by atoms with Crippen LogP contribution in [0.5, 0.6) is 0 Å². The summed E-state index contributed by atoms with van der Waals surface area (Å²) in [5, 5.41) is 8.71. The van der Waals surface area contributed by atoms with E-state index >= 15 is 0 Å². The Labute approximate surface area is 146 Å². The van der Waals surface area contributed by atoms with Gasteiger partial charge in [-0.15, -0.1) is 10.2 Å². The van der Waals surface area contributed by atoms with Gasteiger partial charge in [0.05, 0.1) is 11.5 Å². The normalized spacial score (nSPS) is 12.3. The lowest BCUT2D eigenvalue weighted by Crippen LogP contribution is -2.14. The van der Waals surface area contributed by atoms with Gasteiger partial charge in [-0.1, -0.05) is 39.8 Å². The lowest BCUT2D eigenvalue weighted by Gasteiger charge is -2.10. The zero-order valence-corrected chi connectivity index (χ0v) is 15.0. The van der Waals surface area contributed by atoms with Crippen LogP contribution < -0.4 is 0 Å². The summed E-state index contributed by atoms with van der Waals surface area (Å²) in [4.78, 5) is 12.5. The zero-order valence-electron chi connectivity index (χ0n) is 12.6. The van der Waals surface area contributed by atoms with Crippen LogP contribution in [-0.2, 0) is 7.05 Å². The SMILES string of the molecule is C[C@@H](Sc1nnc(-c2ccco2)n1C)C(=O)c1ccc(Br)cc1. The molecule has 5 nitrogen and oxygen atoms in total. The van der Waals surface area contributed by atoms with Gasteiger partial charge in [-0.2, -0.15) is 0 Å². The summed E-state index contributed by atoms with van der Waals surface area (Å²) in [7, 11) is 1.86. The van der Waals surface area contributed by atoms with E-state index < -0.39 is 0 Å². The monoisotopic (exact) mass is 391 g/mol. The highest BCUT2D eigenvalue weighted by Gasteiger charge is 2.21. The second-order valence-electron chi connectivity index (χ2n) is 4.97. The highest BCUT2D eigenvalue weighted by Crippen LogP contribution is 2.27. The summed E-state index contributed by atoms with van der Waals surface area (Å²) in [6.07, 6.45) is 1.59. The molecule has 0 aliphatic carbocycles. The minimum atomic E-state index is -0.261. The third-order valence-electron chi connectivity index (χ3n) is 3.36. The number of carbonyl (C=O) groups is 1. The summed E-state index contributed by atoms with van der Waals surface area (Å²) in [6.45, 7) is 1.87. The van der Waals surface area contributed by atoms with Gasteiger partial charge >= 0.3 is 0 Å². The molecule has 0 aliphatic heterocycles. The van der Waals surface area contributed by atoms with Crippen molar-refractivity contribution in [1.29, 1.82) is 0 Å². The maximum absolute atomic E-state index is 12.5. The standard InChI is InChI=1S/C16H14BrN3O2S/c1-10(14(21)11-5-7-12(17)8-6-11)23-16-19-18-15(20(16)2)13-4-3-9-22-13/h3-10H,1-2H3/t10-/m1/s1. The van der Waals surface area contributed by atoms with Crippen molar-refractivity contribution in [1.82, 2.24) is 14.8 Å². The number of aromatic nitrogens is 3. The van der Waals surface area contributed by atoms with Crippen LogP contribution in [0.25, 0.3) is 11.6 Å². The Morgan fingerprint density at radius 3 is 2.65 bits per heavy atom. The number of Topliss-reactive ketones (excluding diaryl/α,β-unsaturated/α-hetero) is 1. The first kappa shape index (κ1) is 16.0. The Morgan fingerprint density at radius 1 is 1.26 bits per heavy atom. The van der Waals surface area contributed by atoms with Crippen molar-refractivity contribution in [3.05, 3.63) is 52.7 Å². The highest BCUT2D eigenvalue weighted by atomic mass is 79.9. The Hall–Kier alpha value is -1.86. The predicted molar refractivity (Wildman–Crippen MR) is 92.5 cm³/mol. The number of furan rings is 1. The quantitative estimate of drug-likeness (QED) is 0.481. The first-order chi connectivity index (χ1) is 11.1. The van der Waals surface area contributed by atoms with Gasteiger partial charge in [0.25, 0.3) is 0 Å². The Bertz CT molecular complexity index is 812. The fraction of sp³-hybridized carbons (Fsp3) is 0.188. The van der Waals surface area contributed by atoms with Crippen LogP contribution in [0, 0.1) is 0 Å². The minimum Gasteiger partial charge on any atom is -0.461 e. The first-order valence-corrected chi connectivity index (χ1v) is 8.63. The molecule has 7 heteroatoms. The van der Waals surface area contributed by atoms with Gasteiger partial charge in [0.15, 0.2) is 22.5 Å². The van der Waals surface area contributed by atoms with Crippen LogP contribution >= 0.6 is 27.7 Å². The molecule has 2 aromatic heterocycles. The van der Waals surface area contributed by atoms with Crippen LogP contribution in [0.4, 0.5) is 0 Å². The highest BCUT2D eigenvalue weighted by molar-refractivity contribution is 9.10. The number of halogens is 1. The second kappa shape index (κ2) is 6.72. The average Bonchev–Trinajstić information content (AvgIpc) is 3.18. The van der Waals surface area contributed by atoms with Crippen LogP contribution in [0.3, 0.4) is 0 Å². The molecular weight excluding hydrogens is 378 g/mol. The van der Waals surface area contributed by atoms with E-state index in [4.69, 9.17) is 4.42 Å². The lowest BCUT2D eigenvalue weighted by molar-refractivity contribution is 0.0994. The number of ketones is 1. The third kappa shape index (κ3) is 3.40. The molecular formula is C16H14BrN3O2S. The largest absolute Gasteiger partial charge is 0.461 e. The van der Waals surface area contributed by atoms with E-state index in [-0.39, 0.29) is 11.0 Å². The maximum atomic E-state index is 12.5. The van der Waals surface area contributed by atoms with Crippen molar-refractivity contribution in [2.24, 2.45) is 7.05 Å². The smallest absolute Gasteiger partial charge is 0.200 e. The average molecular weight is 392 g/mol. The summed E-state index contributed by atoms with van der Waals surface area (Å²) in [5.74, 6) is 1.35. The number of rotatable bonds is 5. The predicted octanol–water partition coefficient (Wildman–Crippen LogP) is 4.20. The van der Waals surface area contributed by atoms with Gasteiger partial charge in [0, 0.05) is 17.1 Å². The molecule has 23 heavy (non-hydrogen) atoms. The second-order valence-corrected chi connectivity index (χ2v) is 7.20. The number of hydrogen-bond donors (Lipinski definition) is 0. The molecule has 0 saturated heterocycles. The van der Waals surface area contributed by atoms with Crippen LogP contribution in [0.1, 0.15) is 17.3 Å². The Balaban J connectivity index is 1.77. The van der Waals surface area contributed by atoms with Crippen LogP contribution in [-0.4, -0.2) is 25.8 Å². The van der Waals surface area contributed by atoms with E-state index in [0.717, 1.165) is 4.47 Å². The molecule has 0 fully saturated rings. The molecule has 3 aromatic rings. The maximum Gasteiger partial charge on any atom is 0.200 e. The topological polar surface area (TPSA) is 60.9 Å². The van der Waals surface area contributed by atoms with E-state index in [0.29, 0.717) is 22.3 Å².